The zero-order valence-electron chi connectivity index (χ0n) is 9.58. The Morgan fingerprint density at radius 1 is 1.41 bits per heavy atom. The molecular formula is C10H12N4O2S. The monoisotopic (exact) mass is 252 g/mol. The number of fused-ring (bicyclic) bond motifs is 1. The molecule has 0 bridgehead atoms. The first kappa shape index (κ1) is 10.6. The van der Waals surface area contributed by atoms with E-state index in [1.54, 1.807) is 13.4 Å². The number of thioether (sulfide) groups is 1. The summed E-state index contributed by atoms with van der Waals surface area (Å²) in [6.45, 7) is 0.786. The molecule has 0 radical (unpaired) electrons. The van der Waals surface area contributed by atoms with Crippen LogP contribution in [0.15, 0.2) is 15.9 Å². The topological polar surface area (TPSA) is 61.8 Å². The first-order valence-electron chi connectivity index (χ1n) is 5.32. The second-order valence-corrected chi connectivity index (χ2v) is 5.56. The molecule has 1 atom stereocenters. The van der Waals surface area contributed by atoms with Crippen molar-refractivity contribution in [2.75, 3.05) is 5.75 Å². The van der Waals surface area contributed by atoms with Crippen LogP contribution in [0.3, 0.4) is 0 Å². The molecule has 1 saturated heterocycles. The van der Waals surface area contributed by atoms with Crippen LogP contribution in [0.1, 0.15) is 0 Å². The number of hydrogen-bond acceptors (Lipinski definition) is 4. The van der Waals surface area contributed by atoms with Crippen LogP contribution < -0.4 is 11.2 Å². The minimum Gasteiger partial charge on any atom is -0.324 e. The Kier molecular flexibility index (Phi) is 2.19. The van der Waals surface area contributed by atoms with Gasteiger partial charge in [0.15, 0.2) is 11.2 Å². The van der Waals surface area contributed by atoms with Gasteiger partial charge in [0.1, 0.15) is 0 Å². The van der Waals surface area contributed by atoms with Crippen molar-refractivity contribution in [1.29, 1.82) is 0 Å². The summed E-state index contributed by atoms with van der Waals surface area (Å²) in [5, 5.41) is 0.578. The van der Waals surface area contributed by atoms with Gasteiger partial charge in [-0.25, -0.2) is 9.78 Å². The van der Waals surface area contributed by atoms with Crippen molar-refractivity contribution in [2.45, 2.75) is 11.8 Å². The Labute approximate surface area is 101 Å². The molecule has 90 valence electrons. The minimum absolute atomic E-state index is 0.272. The highest BCUT2D eigenvalue weighted by Crippen LogP contribution is 2.31. The van der Waals surface area contributed by atoms with E-state index in [0.29, 0.717) is 16.4 Å². The maximum absolute atomic E-state index is 12.1. The highest BCUT2D eigenvalue weighted by atomic mass is 32.2. The molecular weight excluding hydrogens is 240 g/mol. The standard InChI is InChI=1S/C10H12N4O2S/c1-12-8-7(9(15)13(2)10(12)16)14(5-11-8)3-6-4-17-6/h5-6H,3-4H2,1-2H3. The van der Waals surface area contributed by atoms with Crippen LogP contribution in [-0.2, 0) is 20.6 Å². The Morgan fingerprint density at radius 2 is 2.12 bits per heavy atom. The molecule has 0 N–H and O–H groups in total. The third-order valence-corrected chi connectivity index (χ3v) is 3.97. The molecule has 2 aromatic rings. The average molecular weight is 252 g/mol. The zero-order chi connectivity index (χ0) is 12.2. The van der Waals surface area contributed by atoms with Crippen molar-refractivity contribution in [3.05, 3.63) is 27.2 Å². The van der Waals surface area contributed by atoms with E-state index in [0.717, 1.165) is 16.9 Å². The van der Waals surface area contributed by atoms with E-state index in [1.165, 1.54) is 11.6 Å². The van der Waals surface area contributed by atoms with Crippen molar-refractivity contribution in [1.82, 2.24) is 18.7 Å². The molecule has 0 aliphatic carbocycles. The van der Waals surface area contributed by atoms with E-state index >= 15 is 0 Å². The Balaban J connectivity index is 2.34. The summed E-state index contributed by atoms with van der Waals surface area (Å²) in [5.74, 6) is 1.13. The van der Waals surface area contributed by atoms with Gasteiger partial charge in [0, 0.05) is 31.6 Å². The first-order valence-corrected chi connectivity index (χ1v) is 6.37. The molecule has 7 heteroatoms. The molecule has 1 unspecified atom stereocenters. The van der Waals surface area contributed by atoms with Gasteiger partial charge in [-0.2, -0.15) is 11.8 Å². The van der Waals surface area contributed by atoms with E-state index in [1.807, 2.05) is 16.3 Å². The van der Waals surface area contributed by atoms with Crippen LogP contribution in [0.2, 0.25) is 0 Å². The molecule has 2 aromatic heterocycles. The Hall–Kier alpha value is -1.50. The Bertz CT molecular complexity index is 707. The fraction of sp³-hybridized carbons (Fsp3) is 0.500. The third kappa shape index (κ3) is 1.53. The molecule has 0 spiro atoms. The fourth-order valence-electron chi connectivity index (χ4n) is 1.93. The van der Waals surface area contributed by atoms with Gasteiger partial charge in [0.25, 0.3) is 5.56 Å². The van der Waals surface area contributed by atoms with Crippen molar-refractivity contribution >= 4 is 22.9 Å². The van der Waals surface area contributed by atoms with Gasteiger partial charge in [-0.1, -0.05) is 0 Å². The second kappa shape index (κ2) is 3.49. The quantitative estimate of drug-likeness (QED) is 0.679. The average Bonchev–Trinajstić information content (AvgIpc) is 3.02. The highest BCUT2D eigenvalue weighted by Gasteiger charge is 2.24. The molecule has 3 rings (SSSR count). The molecule has 1 aliphatic rings. The number of aryl methyl sites for hydroxylation is 1. The Morgan fingerprint density at radius 3 is 2.76 bits per heavy atom. The summed E-state index contributed by atoms with van der Waals surface area (Å²) >= 11 is 1.87. The van der Waals surface area contributed by atoms with Crippen molar-refractivity contribution in [3.63, 3.8) is 0 Å². The fourth-order valence-corrected chi connectivity index (χ4v) is 2.44. The third-order valence-electron chi connectivity index (χ3n) is 3.02. The summed E-state index contributed by atoms with van der Waals surface area (Å²) in [6, 6.07) is 0. The van der Waals surface area contributed by atoms with E-state index < -0.39 is 0 Å². The van der Waals surface area contributed by atoms with Gasteiger partial charge in [-0.05, 0) is 0 Å². The van der Waals surface area contributed by atoms with Crippen molar-refractivity contribution in [3.8, 4) is 0 Å². The van der Waals surface area contributed by atoms with Crippen LogP contribution in [0.4, 0.5) is 0 Å². The molecule has 0 saturated carbocycles. The van der Waals surface area contributed by atoms with E-state index in [2.05, 4.69) is 4.98 Å². The lowest BCUT2D eigenvalue weighted by Gasteiger charge is -2.05. The van der Waals surface area contributed by atoms with Gasteiger partial charge in [-0.3, -0.25) is 13.9 Å². The molecule has 0 aromatic carbocycles. The van der Waals surface area contributed by atoms with Gasteiger partial charge in [0.05, 0.1) is 6.33 Å². The molecule has 17 heavy (non-hydrogen) atoms. The van der Waals surface area contributed by atoms with E-state index in [-0.39, 0.29) is 11.2 Å². The van der Waals surface area contributed by atoms with E-state index in [9.17, 15) is 9.59 Å². The maximum atomic E-state index is 12.1. The molecule has 6 nitrogen and oxygen atoms in total. The van der Waals surface area contributed by atoms with Gasteiger partial charge >= 0.3 is 5.69 Å². The first-order chi connectivity index (χ1) is 8.09. The number of imidazole rings is 1. The van der Waals surface area contributed by atoms with E-state index in [4.69, 9.17) is 0 Å². The number of aromatic nitrogens is 4. The number of hydrogen-bond donors (Lipinski definition) is 0. The molecule has 1 fully saturated rings. The summed E-state index contributed by atoms with van der Waals surface area (Å²) < 4.78 is 4.38. The normalized spacial score (nSPS) is 18.8. The van der Waals surface area contributed by atoms with Gasteiger partial charge in [0.2, 0.25) is 0 Å². The van der Waals surface area contributed by atoms with Crippen molar-refractivity contribution < 1.29 is 0 Å². The SMILES string of the molecule is Cn1c(=O)c2c(ncn2CC2CS2)n(C)c1=O. The summed E-state index contributed by atoms with van der Waals surface area (Å²) in [6.07, 6.45) is 1.64. The van der Waals surface area contributed by atoms with Gasteiger partial charge < -0.3 is 4.57 Å². The summed E-state index contributed by atoms with van der Waals surface area (Å²) in [5.41, 5.74) is 0.366. The van der Waals surface area contributed by atoms with Crippen LogP contribution in [0.5, 0.6) is 0 Å². The maximum Gasteiger partial charge on any atom is 0.332 e. The van der Waals surface area contributed by atoms with Crippen molar-refractivity contribution in [2.24, 2.45) is 14.1 Å². The van der Waals surface area contributed by atoms with Crippen LogP contribution in [0, 0.1) is 0 Å². The zero-order valence-corrected chi connectivity index (χ0v) is 10.4. The lowest BCUT2D eigenvalue weighted by Crippen LogP contribution is -2.37. The second-order valence-electron chi connectivity index (χ2n) is 4.23. The number of rotatable bonds is 2. The summed E-state index contributed by atoms with van der Waals surface area (Å²) in [7, 11) is 3.13. The lowest BCUT2D eigenvalue weighted by atomic mass is 10.4. The smallest absolute Gasteiger partial charge is 0.324 e. The molecule has 0 amide bonds. The van der Waals surface area contributed by atoms with Crippen LogP contribution in [0.25, 0.3) is 11.2 Å². The lowest BCUT2D eigenvalue weighted by molar-refractivity contribution is 0.694. The predicted octanol–water partition coefficient (Wildman–Crippen LogP) is -0.451. The predicted molar refractivity (Wildman–Crippen MR) is 66.5 cm³/mol. The summed E-state index contributed by atoms with van der Waals surface area (Å²) in [4.78, 5) is 28.0. The minimum atomic E-state index is -0.339. The van der Waals surface area contributed by atoms with Crippen LogP contribution >= 0.6 is 11.8 Å². The molecule has 1 aliphatic heterocycles. The van der Waals surface area contributed by atoms with Crippen LogP contribution in [-0.4, -0.2) is 29.7 Å². The number of nitrogens with zero attached hydrogens (tertiary/aromatic N) is 4. The largest absolute Gasteiger partial charge is 0.332 e. The highest BCUT2D eigenvalue weighted by molar-refractivity contribution is 8.06. The van der Waals surface area contributed by atoms with Gasteiger partial charge in [-0.15, -0.1) is 0 Å². The molecule has 3 heterocycles.